The average Bonchev–Trinajstić information content (AvgIpc) is 3.33. The highest BCUT2D eigenvalue weighted by Gasteiger charge is 2.43. The fourth-order valence-corrected chi connectivity index (χ4v) is 11.5. The third-order valence-corrected chi connectivity index (χ3v) is 14.2. The summed E-state index contributed by atoms with van der Waals surface area (Å²) < 4.78 is 6.50. The van der Waals surface area contributed by atoms with Gasteiger partial charge < -0.3 is 4.74 Å². The van der Waals surface area contributed by atoms with Crippen LogP contribution in [0, 0.1) is 23.7 Å². The Balaban J connectivity index is 1.03. The van der Waals surface area contributed by atoms with E-state index in [1.165, 1.54) is 55.8 Å². The van der Waals surface area contributed by atoms with E-state index >= 15 is 0 Å². The first-order valence-electron chi connectivity index (χ1n) is 22.9. The van der Waals surface area contributed by atoms with Gasteiger partial charge in [0, 0.05) is 11.8 Å². The molecule has 0 N–H and O–H groups in total. The van der Waals surface area contributed by atoms with Crippen LogP contribution in [0.5, 0.6) is 5.75 Å². The van der Waals surface area contributed by atoms with Gasteiger partial charge in [-0.3, -0.25) is 0 Å². The van der Waals surface area contributed by atoms with Gasteiger partial charge in [0.2, 0.25) is 0 Å². The number of rotatable bonds is 8. The molecule has 0 bridgehead atoms. The zero-order valence-electron chi connectivity index (χ0n) is 35.1. The number of ether oxygens (including phenoxy) is 1. The molecule has 0 fully saturated rings. The SMILES string of the molecule is C1=CCC(c2cc(C3=CC(C4C5CC=CC=C5C(C5C=c6ccccc6=CC5)=C5C=CCCC54)=CCC3)cc(-c3cccc(OC4=CCCC=C4)c3)c2-c2ccccc2)C=C1. The summed E-state index contributed by atoms with van der Waals surface area (Å²) in [5.41, 5.74) is 15.6. The number of benzene rings is 4. The van der Waals surface area contributed by atoms with Crippen molar-refractivity contribution in [2.75, 3.05) is 0 Å². The predicted molar refractivity (Wildman–Crippen MR) is 256 cm³/mol. The van der Waals surface area contributed by atoms with Crippen LogP contribution in [-0.4, -0.2) is 0 Å². The summed E-state index contributed by atoms with van der Waals surface area (Å²) in [5.74, 6) is 3.96. The molecule has 0 amide bonds. The van der Waals surface area contributed by atoms with E-state index in [0.29, 0.717) is 23.7 Å². The first-order valence-corrected chi connectivity index (χ1v) is 22.9. The molecule has 61 heavy (non-hydrogen) atoms. The van der Waals surface area contributed by atoms with Gasteiger partial charge in [-0.05, 0) is 178 Å². The van der Waals surface area contributed by atoms with Gasteiger partial charge in [0.05, 0.1) is 0 Å². The maximum absolute atomic E-state index is 6.50. The van der Waals surface area contributed by atoms with Crippen LogP contribution in [0.3, 0.4) is 0 Å². The topological polar surface area (TPSA) is 9.23 Å². The average molecular weight is 791 g/mol. The van der Waals surface area contributed by atoms with Crippen molar-refractivity contribution in [1.82, 2.24) is 0 Å². The second-order valence-electron chi connectivity index (χ2n) is 17.9. The van der Waals surface area contributed by atoms with Gasteiger partial charge in [-0.25, -0.2) is 0 Å². The predicted octanol–water partition coefficient (Wildman–Crippen LogP) is 14.0. The summed E-state index contributed by atoms with van der Waals surface area (Å²) in [5, 5.41) is 2.76. The molecule has 4 aromatic rings. The molecule has 5 unspecified atom stereocenters. The van der Waals surface area contributed by atoms with E-state index in [1.807, 2.05) is 0 Å². The van der Waals surface area contributed by atoms with Crippen molar-refractivity contribution in [2.45, 2.75) is 63.7 Å². The Morgan fingerprint density at radius 3 is 2.34 bits per heavy atom. The molecule has 4 aromatic carbocycles. The second kappa shape index (κ2) is 16.7. The van der Waals surface area contributed by atoms with Crippen LogP contribution in [-0.2, 0) is 0 Å². The van der Waals surface area contributed by atoms with E-state index in [2.05, 4.69) is 188 Å². The zero-order valence-corrected chi connectivity index (χ0v) is 35.1. The molecular weight excluding hydrogens is 737 g/mol. The van der Waals surface area contributed by atoms with Gasteiger partial charge in [0.25, 0.3) is 0 Å². The highest BCUT2D eigenvalue weighted by atomic mass is 16.5. The van der Waals surface area contributed by atoms with E-state index in [9.17, 15) is 0 Å². The molecule has 0 saturated carbocycles. The molecule has 0 aromatic heterocycles. The minimum Gasteiger partial charge on any atom is -0.458 e. The fraction of sp³-hybridized carbons (Fsp3) is 0.233. The first-order chi connectivity index (χ1) is 30.2. The number of hydrogen-bond donors (Lipinski definition) is 0. The van der Waals surface area contributed by atoms with Crippen LogP contribution in [0.2, 0.25) is 0 Å². The third-order valence-electron chi connectivity index (χ3n) is 14.2. The van der Waals surface area contributed by atoms with Crippen LogP contribution in [0.4, 0.5) is 0 Å². The first kappa shape index (κ1) is 37.8. The standard InChI is InChI=1S/C60H54O/c1-4-19-42(20-5-1)56-39-49(40-57(58(56)43-21-6-2-7-22-43)46-25-17-29-51(38-46)61-50-27-8-3-9-28-50)45-24-16-26-47(37-45)59-52-30-12-14-32-54(52)60(55-33-15-13-31-53(55)59)48-35-34-41-18-10-11-23-44(41)36-48/h1-2,4-8,10-12,14-15,17-19,21-23,25-29,32-34,36-40,42,48,52-53,59H,3,9,13,16,20,24,30-31,35H2. The maximum atomic E-state index is 6.50. The molecule has 0 saturated heterocycles. The molecule has 300 valence electrons. The maximum Gasteiger partial charge on any atom is 0.128 e. The molecule has 11 rings (SSSR count). The van der Waals surface area contributed by atoms with Gasteiger partial charge >= 0.3 is 0 Å². The molecule has 0 aliphatic heterocycles. The summed E-state index contributed by atoms with van der Waals surface area (Å²) in [6, 6.07) is 33.9. The van der Waals surface area contributed by atoms with Crippen molar-refractivity contribution >= 4 is 17.7 Å². The fourth-order valence-electron chi connectivity index (χ4n) is 11.5. The molecule has 1 nitrogen and oxygen atoms in total. The highest BCUT2D eigenvalue weighted by molar-refractivity contribution is 5.90. The summed E-state index contributed by atoms with van der Waals surface area (Å²) in [6.07, 6.45) is 48.0. The smallest absolute Gasteiger partial charge is 0.128 e. The monoisotopic (exact) mass is 790 g/mol. The lowest BCUT2D eigenvalue weighted by atomic mass is 9.57. The largest absolute Gasteiger partial charge is 0.458 e. The molecule has 7 aliphatic rings. The van der Waals surface area contributed by atoms with E-state index in [0.717, 1.165) is 62.9 Å². The highest BCUT2D eigenvalue weighted by Crippen LogP contribution is 2.55. The molecule has 7 aliphatic carbocycles. The van der Waals surface area contributed by atoms with Gasteiger partial charge in [-0.15, -0.1) is 0 Å². The zero-order chi connectivity index (χ0) is 40.5. The van der Waals surface area contributed by atoms with Crippen LogP contribution in [0.1, 0.15) is 74.8 Å². The Hall–Kier alpha value is -6.18. The summed E-state index contributed by atoms with van der Waals surface area (Å²) in [6.45, 7) is 0. The normalized spacial score (nSPS) is 24.9. The van der Waals surface area contributed by atoms with Crippen molar-refractivity contribution < 1.29 is 4.74 Å². The lowest BCUT2D eigenvalue weighted by Crippen LogP contribution is -2.37. The van der Waals surface area contributed by atoms with Crippen LogP contribution >= 0.6 is 0 Å². The van der Waals surface area contributed by atoms with Crippen molar-refractivity contribution in [1.29, 1.82) is 0 Å². The Morgan fingerprint density at radius 1 is 0.590 bits per heavy atom. The van der Waals surface area contributed by atoms with Crippen LogP contribution < -0.4 is 15.2 Å². The third kappa shape index (κ3) is 7.39. The lowest BCUT2D eigenvalue weighted by Gasteiger charge is -2.46. The van der Waals surface area contributed by atoms with E-state index in [4.69, 9.17) is 4.74 Å². The molecular formula is C60H54O. The van der Waals surface area contributed by atoms with Crippen LogP contribution in [0.25, 0.3) is 40.0 Å². The molecule has 5 atom stereocenters. The van der Waals surface area contributed by atoms with Crippen molar-refractivity contribution in [2.24, 2.45) is 23.7 Å². The van der Waals surface area contributed by atoms with Gasteiger partial charge in [0.1, 0.15) is 11.5 Å². The Labute approximate surface area is 362 Å². The van der Waals surface area contributed by atoms with Crippen molar-refractivity contribution in [3.8, 4) is 28.0 Å². The van der Waals surface area contributed by atoms with E-state index in [1.54, 1.807) is 22.3 Å². The molecule has 0 spiro atoms. The van der Waals surface area contributed by atoms with Gasteiger partial charge in [-0.1, -0.05) is 158 Å². The van der Waals surface area contributed by atoms with Crippen molar-refractivity contribution in [3.05, 3.63) is 226 Å². The van der Waals surface area contributed by atoms with Gasteiger partial charge in [0.15, 0.2) is 0 Å². The summed E-state index contributed by atoms with van der Waals surface area (Å²) in [4.78, 5) is 0. The Morgan fingerprint density at radius 2 is 1.46 bits per heavy atom. The summed E-state index contributed by atoms with van der Waals surface area (Å²) >= 11 is 0. The minimum atomic E-state index is 0.288. The van der Waals surface area contributed by atoms with Gasteiger partial charge in [-0.2, -0.15) is 0 Å². The summed E-state index contributed by atoms with van der Waals surface area (Å²) in [7, 11) is 0. The number of hydrogen-bond acceptors (Lipinski definition) is 1. The number of allylic oxidation sites excluding steroid dienone is 19. The van der Waals surface area contributed by atoms with Crippen molar-refractivity contribution in [3.63, 3.8) is 0 Å². The Bertz CT molecular complexity index is 2820. The second-order valence-corrected chi connectivity index (χ2v) is 17.9. The van der Waals surface area contributed by atoms with E-state index < -0.39 is 0 Å². The number of fused-ring (bicyclic) bond motifs is 3. The lowest BCUT2D eigenvalue weighted by molar-refractivity contribution is 0.299. The molecule has 0 heterocycles. The quantitative estimate of drug-likeness (QED) is 0.173. The minimum absolute atomic E-state index is 0.288. The molecule has 1 heteroatoms. The molecule has 0 radical (unpaired) electrons. The van der Waals surface area contributed by atoms with Crippen LogP contribution in [0.15, 0.2) is 204 Å². The van der Waals surface area contributed by atoms with E-state index in [-0.39, 0.29) is 5.92 Å². The Kier molecular flexibility index (Phi) is 10.3.